The van der Waals surface area contributed by atoms with Crippen LogP contribution in [-0.4, -0.2) is 34.7 Å². The highest BCUT2D eigenvalue weighted by molar-refractivity contribution is 6.09. The molecule has 1 aromatic rings. The van der Waals surface area contributed by atoms with Crippen molar-refractivity contribution in [1.29, 1.82) is 0 Å². The predicted molar refractivity (Wildman–Crippen MR) is 74.1 cm³/mol. The van der Waals surface area contributed by atoms with Gasteiger partial charge in [0.2, 0.25) is 0 Å². The lowest BCUT2D eigenvalue weighted by Crippen LogP contribution is -2.43. The molecule has 1 unspecified atom stereocenters. The maximum Gasteiger partial charge on any atom is 0.325 e. The molecule has 0 aromatic heterocycles. The van der Waals surface area contributed by atoms with Crippen molar-refractivity contribution in [2.24, 2.45) is 0 Å². The molecule has 0 saturated carbocycles. The Kier molecular flexibility index (Phi) is 4.06. The Bertz CT molecular complexity index is 602. The number of hydrogen-bond donors (Lipinski definition) is 1. The molecule has 21 heavy (non-hydrogen) atoms. The molecule has 1 N–H and O–H groups in total. The van der Waals surface area contributed by atoms with Crippen LogP contribution >= 0.6 is 0 Å². The first kappa shape index (κ1) is 15.2. The zero-order chi connectivity index (χ0) is 15.6. The van der Waals surface area contributed by atoms with Crippen LogP contribution in [0.1, 0.15) is 25.8 Å². The molecule has 0 spiro atoms. The average molecular weight is 292 g/mol. The molecule has 1 aliphatic heterocycles. The largest absolute Gasteiger partial charge is 0.325 e. The Balaban J connectivity index is 2.05. The molecule has 1 atom stereocenters. The zero-order valence-electron chi connectivity index (χ0n) is 12.0. The third-order valence-electron chi connectivity index (χ3n) is 3.73. The van der Waals surface area contributed by atoms with E-state index >= 15 is 0 Å². The molecule has 0 bridgehead atoms. The van der Waals surface area contributed by atoms with Gasteiger partial charge in [0.15, 0.2) is 5.78 Å². The van der Waals surface area contributed by atoms with Gasteiger partial charge in [0.05, 0.1) is 6.54 Å². The number of hydrogen-bond acceptors (Lipinski definition) is 3. The van der Waals surface area contributed by atoms with E-state index in [1.807, 2.05) is 0 Å². The second-order valence-corrected chi connectivity index (χ2v) is 5.31. The number of carbonyl (C=O) groups is 3. The number of ketones is 1. The highest BCUT2D eigenvalue weighted by Gasteiger charge is 2.46. The Morgan fingerprint density at radius 1 is 1.33 bits per heavy atom. The van der Waals surface area contributed by atoms with Gasteiger partial charge >= 0.3 is 6.03 Å². The van der Waals surface area contributed by atoms with Crippen LogP contribution < -0.4 is 5.32 Å². The number of amides is 3. The standard InChI is InChI=1S/C15H17FN2O3/c1-3-15(2)13(20)18(14(21)17-15)9-11(19)8-10-6-4-5-7-12(10)16/h4-7H,3,8-9H2,1-2H3,(H,17,21). The fourth-order valence-electron chi connectivity index (χ4n) is 2.22. The van der Waals surface area contributed by atoms with E-state index in [4.69, 9.17) is 0 Å². The number of halogens is 1. The number of benzene rings is 1. The number of rotatable bonds is 5. The van der Waals surface area contributed by atoms with Gasteiger partial charge in [0.25, 0.3) is 5.91 Å². The summed E-state index contributed by atoms with van der Waals surface area (Å²) < 4.78 is 13.5. The Morgan fingerprint density at radius 2 is 2.00 bits per heavy atom. The Hall–Kier alpha value is -2.24. The van der Waals surface area contributed by atoms with Crippen molar-refractivity contribution in [2.75, 3.05) is 6.54 Å². The fraction of sp³-hybridized carbons (Fsp3) is 0.400. The van der Waals surface area contributed by atoms with Crippen LogP contribution in [0.25, 0.3) is 0 Å². The second kappa shape index (κ2) is 5.63. The molecular weight excluding hydrogens is 275 g/mol. The van der Waals surface area contributed by atoms with E-state index in [0.29, 0.717) is 6.42 Å². The van der Waals surface area contributed by atoms with Gasteiger partial charge in [-0.25, -0.2) is 9.18 Å². The van der Waals surface area contributed by atoms with E-state index in [0.717, 1.165) is 4.90 Å². The lowest BCUT2D eigenvalue weighted by atomic mass is 9.99. The van der Waals surface area contributed by atoms with E-state index < -0.39 is 23.3 Å². The van der Waals surface area contributed by atoms with Crippen LogP contribution in [0.2, 0.25) is 0 Å². The van der Waals surface area contributed by atoms with Gasteiger partial charge in [0.1, 0.15) is 11.4 Å². The van der Waals surface area contributed by atoms with Crippen LogP contribution in [0.3, 0.4) is 0 Å². The molecule has 6 heteroatoms. The molecule has 1 aromatic carbocycles. The van der Waals surface area contributed by atoms with Crippen LogP contribution in [0.4, 0.5) is 9.18 Å². The van der Waals surface area contributed by atoms with Crippen LogP contribution in [0, 0.1) is 5.82 Å². The molecule has 0 radical (unpaired) electrons. The number of urea groups is 1. The molecule has 5 nitrogen and oxygen atoms in total. The lowest BCUT2D eigenvalue weighted by Gasteiger charge is -2.18. The number of nitrogens with one attached hydrogen (secondary N) is 1. The first-order valence-electron chi connectivity index (χ1n) is 6.76. The van der Waals surface area contributed by atoms with Crippen molar-refractivity contribution in [1.82, 2.24) is 10.2 Å². The number of imide groups is 1. The van der Waals surface area contributed by atoms with E-state index in [1.165, 1.54) is 18.2 Å². The predicted octanol–water partition coefficient (Wildman–Crippen LogP) is 1.66. The molecular formula is C15H17FN2O3. The van der Waals surface area contributed by atoms with Crippen molar-refractivity contribution >= 4 is 17.7 Å². The lowest BCUT2D eigenvalue weighted by molar-refractivity contribution is -0.134. The summed E-state index contributed by atoms with van der Waals surface area (Å²) >= 11 is 0. The number of nitrogens with zero attached hydrogens (tertiary/aromatic N) is 1. The van der Waals surface area contributed by atoms with Crippen molar-refractivity contribution in [3.8, 4) is 0 Å². The molecule has 1 saturated heterocycles. The fourth-order valence-corrected chi connectivity index (χ4v) is 2.22. The Morgan fingerprint density at radius 3 is 2.57 bits per heavy atom. The van der Waals surface area contributed by atoms with Crippen molar-refractivity contribution in [3.63, 3.8) is 0 Å². The SMILES string of the molecule is CCC1(C)NC(=O)N(CC(=O)Cc2ccccc2F)C1=O. The molecule has 1 heterocycles. The summed E-state index contributed by atoms with van der Waals surface area (Å²) in [6.45, 7) is 3.06. The summed E-state index contributed by atoms with van der Waals surface area (Å²) in [4.78, 5) is 36.8. The molecule has 1 aliphatic rings. The van der Waals surface area contributed by atoms with Crippen molar-refractivity contribution < 1.29 is 18.8 Å². The van der Waals surface area contributed by atoms with Gasteiger partial charge in [-0.05, 0) is 25.0 Å². The number of carbonyl (C=O) groups excluding carboxylic acids is 3. The summed E-state index contributed by atoms with van der Waals surface area (Å²) in [7, 11) is 0. The summed E-state index contributed by atoms with van der Waals surface area (Å²) in [6.07, 6.45) is 0.294. The van der Waals surface area contributed by atoms with Gasteiger partial charge in [-0.3, -0.25) is 14.5 Å². The first-order valence-corrected chi connectivity index (χ1v) is 6.76. The number of Topliss-reactive ketones (excluding diaryl/α,β-unsaturated/α-hetero) is 1. The van der Waals surface area contributed by atoms with Gasteiger partial charge in [-0.1, -0.05) is 25.1 Å². The third kappa shape index (κ3) is 2.94. The summed E-state index contributed by atoms with van der Waals surface area (Å²) in [5.41, 5.74) is -0.706. The molecule has 112 valence electrons. The average Bonchev–Trinajstić information content (AvgIpc) is 2.66. The molecule has 2 rings (SSSR count). The van der Waals surface area contributed by atoms with Crippen LogP contribution in [0.5, 0.6) is 0 Å². The van der Waals surface area contributed by atoms with E-state index in [2.05, 4.69) is 5.32 Å². The topological polar surface area (TPSA) is 66.5 Å². The van der Waals surface area contributed by atoms with E-state index in [1.54, 1.807) is 19.9 Å². The zero-order valence-corrected chi connectivity index (χ0v) is 12.0. The summed E-state index contributed by atoms with van der Waals surface area (Å²) in [5, 5.41) is 2.57. The van der Waals surface area contributed by atoms with E-state index in [-0.39, 0.29) is 24.3 Å². The highest BCUT2D eigenvalue weighted by atomic mass is 19.1. The smallest absolute Gasteiger partial charge is 0.323 e. The summed E-state index contributed by atoms with van der Waals surface area (Å²) in [5.74, 6) is -1.28. The minimum absolute atomic E-state index is 0.146. The minimum atomic E-state index is -0.963. The second-order valence-electron chi connectivity index (χ2n) is 5.31. The van der Waals surface area contributed by atoms with Gasteiger partial charge in [-0.15, -0.1) is 0 Å². The van der Waals surface area contributed by atoms with Gasteiger partial charge in [0, 0.05) is 6.42 Å². The van der Waals surface area contributed by atoms with Gasteiger partial charge < -0.3 is 5.32 Å². The molecule has 3 amide bonds. The first-order chi connectivity index (χ1) is 9.87. The maximum atomic E-state index is 13.5. The van der Waals surface area contributed by atoms with Crippen molar-refractivity contribution in [2.45, 2.75) is 32.2 Å². The van der Waals surface area contributed by atoms with Crippen molar-refractivity contribution in [3.05, 3.63) is 35.6 Å². The molecule has 1 fully saturated rings. The molecule has 0 aliphatic carbocycles. The van der Waals surface area contributed by atoms with Crippen LogP contribution in [0.15, 0.2) is 24.3 Å². The van der Waals surface area contributed by atoms with E-state index in [9.17, 15) is 18.8 Å². The minimum Gasteiger partial charge on any atom is -0.323 e. The monoisotopic (exact) mass is 292 g/mol. The third-order valence-corrected chi connectivity index (χ3v) is 3.73. The maximum absolute atomic E-state index is 13.5. The quantitative estimate of drug-likeness (QED) is 0.839. The summed E-state index contributed by atoms with van der Waals surface area (Å²) in [6, 6.07) is 5.37. The van der Waals surface area contributed by atoms with Gasteiger partial charge in [-0.2, -0.15) is 0 Å². The Labute approximate surface area is 122 Å². The van der Waals surface area contributed by atoms with Crippen LogP contribution in [-0.2, 0) is 16.0 Å². The highest BCUT2D eigenvalue weighted by Crippen LogP contribution is 2.20. The normalized spacial score (nSPS) is 21.6.